The highest BCUT2D eigenvalue weighted by molar-refractivity contribution is 8.01. The Hall–Kier alpha value is -1.93. The minimum absolute atomic E-state index is 0.00636. The number of ether oxygens (including phenoxy) is 2. The van der Waals surface area contributed by atoms with Crippen LogP contribution in [-0.4, -0.2) is 54.3 Å². The summed E-state index contributed by atoms with van der Waals surface area (Å²) in [7, 11) is 1.32. The summed E-state index contributed by atoms with van der Waals surface area (Å²) in [5.74, 6) is 0.0996. The number of benzene rings is 1. The fourth-order valence-corrected chi connectivity index (χ4v) is 4.56. The van der Waals surface area contributed by atoms with Crippen LogP contribution in [-0.2, 0) is 16.1 Å². The van der Waals surface area contributed by atoms with Gasteiger partial charge in [0.25, 0.3) is 5.91 Å². The molecular formula is C21H33N3O4S. The van der Waals surface area contributed by atoms with Gasteiger partial charge in [0.15, 0.2) is 0 Å². The number of nitrogens with one attached hydrogen (secondary N) is 1. The molecule has 1 saturated heterocycles. The van der Waals surface area contributed by atoms with E-state index in [1.807, 2.05) is 18.2 Å². The summed E-state index contributed by atoms with van der Waals surface area (Å²) in [6.07, 6.45) is 5.03. The molecule has 162 valence electrons. The lowest BCUT2D eigenvalue weighted by atomic mass is 10.1. The topological polar surface area (TPSA) is 93.9 Å². The van der Waals surface area contributed by atoms with Crippen molar-refractivity contribution in [3.05, 3.63) is 29.8 Å². The van der Waals surface area contributed by atoms with Crippen LogP contribution in [0.3, 0.4) is 0 Å². The molecule has 0 radical (unpaired) electrons. The first-order valence-corrected chi connectivity index (χ1v) is 11.2. The molecule has 8 heteroatoms. The average molecular weight is 424 g/mol. The van der Waals surface area contributed by atoms with Gasteiger partial charge in [0.1, 0.15) is 5.75 Å². The first kappa shape index (κ1) is 23.3. The molecule has 1 aromatic carbocycles. The molecule has 1 heterocycles. The minimum Gasteiger partial charge on any atom is -0.470 e. The summed E-state index contributed by atoms with van der Waals surface area (Å²) in [4.78, 5) is 25.8. The minimum atomic E-state index is -0.823. The summed E-state index contributed by atoms with van der Waals surface area (Å²) in [5.41, 5.74) is 5.93. The van der Waals surface area contributed by atoms with Crippen LogP contribution in [0.4, 0.5) is 4.79 Å². The molecule has 0 bridgehead atoms. The van der Waals surface area contributed by atoms with Crippen LogP contribution in [0, 0.1) is 0 Å². The Labute approximate surface area is 177 Å². The fourth-order valence-electron chi connectivity index (χ4n) is 3.35. The maximum absolute atomic E-state index is 12.0. The summed E-state index contributed by atoms with van der Waals surface area (Å²) in [5, 5.41) is 2.68. The number of nitrogens with two attached hydrogens (primary N) is 1. The zero-order chi connectivity index (χ0) is 21.1. The van der Waals surface area contributed by atoms with Gasteiger partial charge in [-0.2, -0.15) is 0 Å². The van der Waals surface area contributed by atoms with E-state index >= 15 is 0 Å². The van der Waals surface area contributed by atoms with Crippen molar-refractivity contribution in [2.45, 2.75) is 56.3 Å². The third kappa shape index (κ3) is 8.53. The molecule has 0 spiro atoms. The highest BCUT2D eigenvalue weighted by atomic mass is 32.2. The molecule has 2 amide bonds. The number of thioether (sulfide) groups is 1. The number of methoxy groups -OCH3 is 1. The van der Waals surface area contributed by atoms with Gasteiger partial charge in [-0.05, 0) is 50.0 Å². The van der Waals surface area contributed by atoms with Crippen LogP contribution < -0.4 is 15.8 Å². The number of hydrogen-bond acceptors (Lipinski definition) is 6. The Morgan fingerprint density at radius 2 is 2.03 bits per heavy atom. The number of alkyl carbamates (subject to hydrolysis) is 1. The van der Waals surface area contributed by atoms with Crippen LogP contribution in [0.15, 0.2) is 24.3 Å². The second kappa shape index (κ2) is 12.6. The lowest BCUT2D eigenvalue weighted by molar-refractivity contribution is -0.121. The van der Waals surface area contributed by atoms with Gasteiger partial charge in [0.2, 0.25) is 5.44 Å². The Balaban J connectivity index is 1.98. The Morgan fingerprint density at radius 3 is 2.69 bits per heavy atom. The maximum Gasteiger partial charge on any atom is 0.406 e. The second-order valence-corrected chi connectivity index (χ2v) is 8.62. The normalized spacial score (nSPS) is 16.6. The lowest BCUT2D eigenvalue weighted by Gasteiger charge is -2.26. The molecule has 0 saturated carbocycles. The van der Waals surface area contributed by atoms with Gasteiger partial charge in [-0.25, -0.2) is 4.79 Å². The SMILES string of the molecule is CCCC(CNC(=O)OC)SC(Oc1cccc(CN2CCCCC2)c1)C(N)=O. The van der Waals surface area contributed by atoms with E-state index in [0.29, 0.717) is 12.3 Å². The van der Waals surface area contributed by atoms with E-state index in [2.05, 4.69) is 27.9 Å². The molecule has 1 aliphatic heterocycles. The van der Waals surface area contributed by atoms with E-state index in [0.717, 1.165) is 38.0 Å². The lowest BCUT2D eigenvalue weighted by Crippen LogP contribution is -2.36. The predicted octanol–water partition coefficient (Wildman–Crippen LogP) is 3.12. The first-order valence-electron chi connectivity index (χ1n) is 10.3. The van der Waals surface area contributed by atoms with Gasteiger partial charge in [-0.3, -0.25) is 9.69 Å². The molecule has 2 atom stereocenters. The number of hydrogen-bond donors (Lipinski definition) is 2. The van der Waals surface area contributed by atoms with Crippen molar-refractivity contribution in [3.63, 3.8) is 0 Å². The summed E-state index contributed by atoms with van der Waals surface area (Å²) < 4.78 is 10.6. The molecule has 29 heavy (non-hydrogen) atoms. The quantitative estimate of drug-likeness (QED) is 0.531. The molecule has 0 aliphatic carbocycles. The number of amides is 2. The molecule has 1 aliphatic rings. The molecule has 1 aromatic rings. The fraction of sp³-hybridized carbons (Fsp3) is 0.619. The van der Waals surface area contributed by atoms with Crippen LogP contribution in [0.25, 0.3) is 0 Å². The van der Waals surface area contributed by atoms with Crippen LogP contribution >= 0.6 is 11.8 Å². The van der Waals surface area contributed by atoms with Crippen LogP contribution in [0.5, 0.6) is 5.75 Å². The summed E-state index contributed by atoms with van der Waals surface area (Å²) >= 11 is 1.33. The first-order chi connectivity index (χ1) is 14.0. The van der Waals surface area contributed by atoms with Gasteiger partial charge < -0.3 is 20.5 Å². The monoisotopic (exact) mass is 423 g/mol. The highest BCUT2D eigenvalue weighted by Crippen LogP contribution is 2.26. The average Bonchev–Trinajstić information content (AvgIpc) is 2.72. The Morgan fingerprint density at radius 1 is 1.28 bits per heavy atom. The maximum atomic E-state index is 12.0. The number of nitrogens with zero attached hydrogens (tertiary/aromatic N) is 1. The smallest absolute Gasteiger partial charge is 0.406 e. The van der Waals surface area contributed by atoms with Crippen molar-refractivity contribution in [2.24, 2.45) is 5.73 Å². The van der Waals surface area contributed by atoms with E-state index < -0.39 is 17.4 Å². The Kier molecular flexibility index (Phi) is 10.1. The van der Waals surface area contributed by atoms with Gasteiger partial charge in [0.05, 0.1) is 7.11 Å². The van der Waals surface area contributed by atoms with E-state index in [-0.39, 0.29) is 5.25 Å². The number of carbonyl (C=O) groups excluding carboxylic acids is 2. The van der Waals surface area contributed by atoms with E-state index in [9.17, 15) is 9.59 Å². The molecule has 3 N–H and O–H groups in total. The largest absolute Gasteiger partial charge is 0.470 e. The van der Waals surface area contributed by atoms with Gasteiger partial charge in [0, 0.05) is 18.3 Å². The van der Waals surface area contributed by atoms with Crippen molar-refractivity contribution >= 4 is 23.8 Å². The molecular weight excluding hydrogens is 390 g/mol. The number of primary amides is 1. The number of likely N-dealkylation sites (tertiary alicyclic amines) is 1. The van der Waals surface area contributed by atoms with Crippen LogP contribution in [0.1, 0.15) is 44.6 Å². The third-order valence-corrected chi connectivity index (χ3v) is 6.18. The van der Waals surface area contributed by atoms with E-state index in [1.54, 1.807) is 0 Å². The van der Waals surface area contributed by atoms with Crippen molar-refractivity contribution < 1.29 is 19.1 Å². The standard InChI is InChI=1S/C21H33N3O4S/c1-3-8-18(14-23-21(26)27-2)29-20(19(22)25)28-17-10-7-9-16(13-17)15-24-11-5-4-6-12-24/h7,9-10,13,18,20H,3-6,8,11-12,14-15H2,1-2H3,(H2,22,25)(H,23,26). The van der Waals surface area contributed by atoms with Crippen molar-refractivity contribution in [1.82, 2.24) is 10.2 Å². The summed E-state index contributed by atoms with van der Waals surface area (Å²) in [6.45, 7) is 5.56. The molecule has 2 unspecified atom stereocenters. The highest BCUT2D eigenvalue weighted by Gasteiger charge is 2.24. The predicted molar refractivity (Wildman–Crippen MR) is 116 cm³/mol. The van der Waals surface area contributed by atoms with Crippen LogP contribution in [0.2, 0.25) is 0 Å². The van der Waals surface area contributed by atoms with Crippen molar-refractivity contribution in [3.8, 4) is 5.75 Å². The number of carbonyl (C=O) groups is 2. The molecule has 2 rings (SSSR count). The summed E-state index contributed by atoms with van der Waals surface area (Å²) in [6, 6.07) is 7.85. The number of piperidine rings is 1. The Bertz CT molecular complexity index is 653. The molecule has 0 aromatic heterocycles. The molecule has 7 nitrogen and oxygen atoms in total. The molecule has 1 fully saturated rings. The number of rotatable bonds is 11. The van der Waals surface area contributed by atoms with Gasteiger partial charge in [-0.1, -0.05) is 31.9 Å². The zero-order valence-electron chi connectivity index (χ0n) is 17.4. The third-order valence-electron chi connectivity index (χ3n) is 4.81. The van der Waals surface area contributed by atoms with E-state index in [4.69, 9.17) is 10.5 Å². The van der Waals surface area contributed by atoms with Crippen molar-refractivity contribution in [2.75, 3.05) is 26.7 Å². The van der Waals surface area contributed by atoms with Gasteiger partial charge in [-0.15, -0.1) is 11.8 Å². The van der Waals surface area contributed by atoms with Gasteiger partial charge >= 0.3 is 6.09 Å². The van der Waals surface area contributed by atoms with E-state index in [1.165, 1.54) is 38.1 Å². The van der Waals surface area contributed by atoms with Crippen molar-refractivity contribution in [1.29, 1.82) is 0 Å². The second-order valence-electron chi connectivity index (χ2n) is 7.26. The zero-order valence-corrected chi connectivity index (χ0v) is 18.2.